The maximum absolute atomic E-state index is 15.5. The molecule has 0 aromatic carbocycles. The number of carbonyl (C=O) groups excluding carboxylic acids is 2. The fourth-order valence-corrected chi connectivity index (χ4v) is 12.4. The van der Waals surface area contributed by atoms with Gasteiger partial charge in [0, 0.05) is 55.8 Å². The van der Waals surface area contributed by atoms with Gasteiger partial charge in [-0.25, -0.2) is 0 Å². The Morgan fingerprint density at radius 3 is 2.54 bits per heavy atom. The van der Waals surface area contributed by atoms with Crippen LogP contribution >= 0.6 is 0 Å². The second-order valence-corrected chi connectivity index (χ2v) is 15.8. The fraction of sp³-hybridized carbons (Fsp3) is 0.938. The van der Waals surface area contributed by atoms with Crippen LogP contribution in [0.2, 0.25) is 0 Å². The van der Waals surface area contributed by atoms with Crippen LogP contribution in [0.5, 0.6) is 0 Å². The van der Waals surface area contributed by atoms with Gasteiger partial charge in [0.25, 0.3) is 0 Å². The molecule has 7 nitrogen and oxygen atoms in total. The molecule has 39 heavy (non-hydrogen) atoms. The summed E-state index contributed by atoms with van der Waals surface area (Å²) in [5.74, 6) is 0.295. The van der Waals surface area contributed by atoms with Crippen LogP contribution in [0.4, 0.5) is 0 Å². The van der Waals surface area contributed by atoms with E-state index in [2.05, 4.69) is 20.8 Å². The molecule has 5 heterocycles. The van der Waals surface area contributed by atoms with Crippen molar-refractivity contribution in [3.8, 4) is 0 Å². The third-order valence-corrected chi connectivity index (χ3v) is 14.1. The minimum Gasteiger partial charge on any atom is -0.632 e. The van der Waals surface area contributed by atoms with Crippen molar-refractivity contribution in [1.29, 1.82) is 0 Å². The number of carbonyl (C=O) groups is 2. The highest BCUT2D eigenvalue weighted by Crippen LogP contribution is 2.81. The van der Waals surface area contributed by atoms with Gasteiger partial charge in [0.15, 0.2) is 17.7 Å². The molecule has 218 valence electrons. The van der Waals surface area contributed by atoms with Crippen molar-refractivity contribution in [3.63, 3.8) is 0 Å². The van der Waals surface area contributed by atoms with Gasteiger partial charge in [-0.2, -0.15) is 0 Å². The van der Waals surface area contributed by atoms with E-state index in [1.165, 1.54) is 6.92 Å². The lowest BCUT2D eigenvalue weighted by atomic mass is 9.42. The molecule has 7 aliphatic rings. The van der Waals surface area contributed by atoms with Gasteiger partial charge < -0.3 is 24.1 Å². The first kappa shape index (κ1) is 26.9. The summed E-state index contributed by atoms with van der Waals surface area (Å²) in [4.78, 5) is 27.3. The van der Waals surface area contributed by atoms with E-state index in [1.54, 1.807) is 0 Å². The van der Waals surface area contributed by atoms with Crippen LogP contribution in [0.25, 0.3) is 0 Å². The van der Waals surface area contributed by atoms with Gasteiger partial charge in [0.05, 0.1) is 30.7 Å². The summed E-state index contributed by atoms with van der Waals surface area (Å²) in [5, 5.41) is 15.5. The molecule has 7 rings (SSSR count). The fourth-order valence-electron chi connectivity index (χ4n) is 12.4. The molecular formula is C32H49NO6. The number of Topliss-reactive ketones (excluding diaryl/α,β-unsaturated/α-hetero) is 1. The minimum atomic E-state index is -0.876. The lowest BCUT2D eigenvalue weighted by Crippen LogP contribution is -2.75. The molecule has 7 heteroatoms. The first-order valence-electron chi connectivity index (χ1n) is 15.9. The standard InChI is InChI=1S/C32H49NO6/c1-19(2)22-10-13-29(5)21-9-15-31-12-7-8-24(31)32(29,26(22)33(31,36)17-21)16-23(38-20(3)34)27(35)28(4)18-37-30(6)14-11-25(28)39-30/h19,21-26H,7-18H2,1-6H3/t21-,22-,23+,24-,25+,26+,28-,29+,30-,31-,32+,33?/m1/s1. The summed E-state index contributed by atoms with van der Waals surface area (Å²) in [7, 11) is 0. The molecule has 0 aromatic rings. The molecule has 0 radical (unpaired) electrons. The largest absolute Gasteiger partial charge is 0.632 e. The number of hydrogen-bond donors (Lipinski definition) is 0. The number of esters is 1. The van der Waals surface area contributed by atoms with E-state index in [1.807, 2.05) is 13.8 Å². The average molecular weight is 544 g/mol. The Kier molecular flexibility index (Phi) is 5.56. The predicted molar refractivity (Wildman–Crippen MR) is 145 cm³/mol. The zero-order chi connectivity index (χ0) is 27.8. The van der Waals surface area contributed by atoms with Gasteiger partial charge >= 0.3 is 5.97 Å². The van der Waals surface area contributed by atoms with E-state index in [0.717, 1.165) is 64.3 Å². The SMILES string of the molecule is CC(=O)O[C@@H](C[C@]12[C@@H]3CCC[C@@]34CC[C@@H]3C[N+]4([O-])[C@H]1[C@@H](C(C)C)CC[C@@]32C)C(=O)[C@]1(C)CO[C@@]2(C)CC[C@@H]1O2. The van der Waals surface area contributed by atoms with Gasteiger partial charge in [-0.15, -0.1) is 0 Å². The second kappa shape index (κ2) is 8.08. The van der Waals surface area contributed by atoms with Crippen LogP contribution in [-0.2, 0) is 23.8 Å². The number of quaternary nitrogens is 1. The molecule has 7 bridgehead atoms. The zero-order valence-corrected chi connectivity index (χ0v) is 24.9. The van der Waals surface area contributed by atoms with E-state index in [-0.39, 0.29) is 45.6 Å². The smallest absolute Gasteiger partial charge is 0.303 e. The number of nitrogens with zero attached hydrogens (tertiary/aromatic N) is 1. The third kappa shape index (κ3) is 3.04. The zero-order valence-electron chi connectivity index (χ0n) is 24.9. The summed E-state index contributed by atoms with van der Waals surface area (Å²) >= 11 is 0. The first-order valence-corrected chi connectivity index (χ1v) is 15.9. The molecule has 0 aromatic heterocycles. The van der Waals surface area contributed by atoms with Gasteiger partial charge in [-0.1, -0.05) is 20.8 Å². The van der Waals surface area contributed by atoms with Crippen molar-refractivity contribution in [2.75, 3.05) is 13.2 Å². The average Bonchev–Trinajstić information content (AvgIpc) is 3.48. The van der Waals surface area contributed by atoms with Crippen LogP contribution in [0, 0.1) is 45.1 Å². The lowest BCUT2D eigenvalue weighted by molar-refractivity contribution is -0.966. The molecule has 0 N–H and O–H groups in total. The van der Waals surface area contributed by atoms with Gasteiger partial charge in [0.2, 0.25) is 0 Å². The Hall–Kier alpha value is -1.02. The molecule has 7 fully saturated rings. The monoisotopic (exact) mass is 543 g/mol. The van der Waals surface area contributed by atoms with E-state index in [4.69, 9.17) is 14.2 Å². The third-order valence-electron chi connectivity index (χ3n) is 14.1. The molecule has 1 spiro atoms. The molecule has 2 aliphatic carbocycles. The predicted octanol–water partition coefficient (Wildman–Crippen LogP) is 5.53. The van der Waals surface area contributed by atoms with E-state index >= 15 is 5.21 Å². The Labute approximate surface area is 233 Å². The Balaban J connectivity index is 1.36. The van der Waals surface area contributed by atoms with Crippen molar-refractivity contribution < 1.29 is 28.4 Å². The molecule has 5 aliphatic heterocycles. The highest BCUT2D eigenvalue weighted by molar-refractivity contribution is 5.91. The van der Waals surface area contributed by atoms with Gasteiger partial charge in [-0.05, 0) is 63.7 Å². The summed E-state index contributed by atoms with van der Waals surface area (Å²) in [6, 6.07) is -0.0228. The topological polar surface area (TPSA) is 84.9 Å². The summed E-state index contributed by atoms with van der Waals surface area (Å²) < 4.78 is 18.4. The van der Waals surface area contributed by atoms with Crippen LogP contribution in [0.15, 0.2) is 0 Å². The summed E-state index contributed by atoms with van der Waals surface area (Å²) in [6.07, 6.45) is 8.43. The van der Waals surface area contributed by atoms with Crippen molar-refractivity contribution >= 4 is 11.8 Å². The quantitative estimate of drug-likeness (QED) is 0.249. The molecule has 5 saturated heterocycles. The molecular weight excluding hydrogens is 494 g/mol. The maximum atomic E-state index is 15.5. The minimum absolute atomic E-state index is 0.0203. The summed E-state index contributed by atoms with van der Waals surface area (Å²) in [6.45, 7) is 13.4. The highest BCUT2D eigenvalue weighted by Gasteiger charge is 2.85. The maximum Gasteiger partial charge on any atom is 0.303 e. The van der Waals surface area contributed by atoms with Crippen LogP contribution in [0.1, 0.15) is 106 Å². The van der Waals surface area contributed by atoms with E-state index in [0.29, 0.717) is 30.1 Å². The number of hydrogen-bond acceptors (Lipinski definition) is 6. The summed E-state index contributed by atoms with van der Waals surface area (Å²) in [5.41, 5.74) is -1.42. The van der Waals surface area contributed by atoms with Crippen LogP contribution in [-0.4, -0.2) is 59.1 Å². The molecule has 0 amide bonds. The van der Waals surface area contributed by atoms with Crippen molar-refractivity contribution in [3.05, 3.63) is 5.21 Å². The van der Waals surface area contributed by atoms with Gasteiger partial charge in [0.1, 0.15) is 5.54 Å². The van der Waals surface area contributed by atoms with E-state index < -0.39 is 23.3 Å². The highest BCUT2D eigenvalue weighted by atomic mass is 16.7. The first-order chi connectivity index (χ1) is 18.3. The van der Waals surface area contributed by atoms with Crippen LogP contribution < -0.4 is 0 Å². The Morgan fingerprint density at radius 1 is 1.05 bits per heavy atom. The lowest BCUT2D eigenvalue weighted by Gasteiger charge is -2.71. The number of ketones is 1. The van der Waals surface area contributed by atoms with Crippen LogP contribution in [0.3, 0.4) is 0 Å². The number of rotatable bonds is 6. The van der Waals surface area contributed by atoms with Crippen molar-refractivity contribution in [2.45, 2.75) is 135 Å². The molecule has 1 unspecified atom stereocenters. The Morgan fingerprint density at radius 2 is 1.82 bits per heavy atom. The molecule has 2 saturated carbocycles. The van der Waals surface area contributed by atoms with Crippen molar-refractivity contribution in [2.24, 2.45) is 39.9 Å². The second-order valence-electron chi connectivity index (χ2n) is 15.8. The van der Waals surface area contributed by atoms with E-state index in [9.17, 15) is 9.59 Å². The number of hydroxylamine groups is 3. The van der Waals surface area contributed by atoms with Gasteiger partial charge in [-0.3, -0.25) is 9.59 Å². The Bertz CT molecular complexity index is 1090. The number of fused-ring (bicyclic) bond motifs is 4. The molecule has 12 atom stereocenters. The number of piperidine rings is 2. The number of ether oxygens (including phenoxy) is 3. The normalized spacial score (nSPS) is 55.5. The van der Waals surface area contributed by atoms with Crippen molar-refractivity contribution in [1.82, 2.24) is 0 Å².